The Morgan fingerprint density at radius 1 is 1.25 bits per heavy atom. The number of carbonyl (C=O) groups excluding carboxylic acids is 1. The van der Waals surface area contributed by atoms with E-state index in [4.69, 9.17) is 0 Å². The molecular weight excluding hydrogens is 304 g/mol. The molecule has 3 heterocycles. The normalized spacial score (nSPS) is 21.3. The number of carbonyl (C=O) groups is 1. The van der Waals surface area contributed by atoms with Crippen LogP contribution >= 0.6 is 34.4 Å². The summed E-state index contributed by atoms with van der Waals surface area (Å²) in [5, 5.41) is 2.15. The maximum Gasteiger partial charge on any atom is 0.180 e. The van der Waals surface area contributed by atoms with Gasteiger partial charge >= 0.3 is 0 Å². The number of aryl methyl sites for hydroxylation is 2. The number of hydrogen-bond donors (Lipinski definition) is 0. The SMILES string of the molecule is O=C(c1cc2c(s1)CCSC2)C1CCCc2sccc21. The Morgan fingerprint density at radius 2 is 2.20 bits per heavy atom. The number of Topliss-reactive ketones (excluding diaryl/α,β-unsaturated/α-hetero) is 1. The third-order valence-corrected chi connectivity index (χ3v) is 7.50. The van der Waals surface area contributed by atoms with Gasteiger partial charge in [-0.1, -0.05) is 0 Å². The van der Waals surface area contributed by atoms with Crippen LogP contribution in [0.3, 0.4) is 0 Å². The Morgan fingerprint density at radius 3 is 3.10 bits per heavy atom. The molecule has 0 amide bonds. The van der Waals surface area contributed by atoms with Crippen LogP contribution in [0.15, 0.2) is 17.5 Å². The predicted octanol–water partition coefficient (Wildman–Crippen LogP) is 4.90. The highest BCUT2D eigenvalue weighted by atomic mass is 32.2. The number of hydrogen-bond acceptors (Lipinski definition) is 4. The van der Waals surface area contributed by atoms with E-state index in [-0.39, 0.29) is 5.92 Å². The van der Waals surface area contributed by atoms with Gasteiger partial charge in [0.2, 0.25) is 0 Å². The molecule has 1 aliphatic carbocycles. The van der Waals surface area contributed by atoms with Crippen LogP contribution in [-0.4, -0.2) is 11.5 Å². The Labute approximate surface area is 131 Å². The van der Waals surface area contributed by atoms with Crippen LogP contribution in [-0.2, 0) is 18.6 Å². The number of thiophene rings is 2. The number of fused-ring (bicyclic) bond motifs is 2. The number of ketones is 1. The molecule has 4 rings (SSSR count). The standard InChI is InChI=1S/C16H16OS3/c17-16(12-2-1-3-14-11(12)4-7-19-14)15-8-10-9-18-6-5-13(10)20-15/h4,7-8,12H,1-3,5-6,9H2. The minimum Gasteiger partial charge on any atom is -0.293 e. The van der Waals surface area contributed by atoms with Gasteiger partial charge in [-0.05, 0) is 60.1 Å². The molecule has 0 saturated carbocycles. The minimum atomic E-state index is 0.123. The largest absolute Gasteiger partial charge is 0.293 e. The molecule has 4 heteroatoms. The number of thioether (sulfide) groups is 1. The second-order valence-corrected chi connectivity index (χ2v) is 8.71. The maximum absolute atomic E-state index is 12.9. The summed E-state index contributed by atoms with van der Waals surface area (Å²) in [6, 6.07) is 4.35. The van der Waals surface area contributed by atoms with Crippen molar-refractivity contribution >= 4 is 40.2 Å². The van der Waals surface area contributed by atoms with Crippen molar-refractivity contribution < 1.29 is 4.79 Å². The van der Waals surface area contributed by atoms with Crippen LogP contribution in [0.2, 0.25) is 0 Å². The summed E-state index contributed by atoms with van der Waals surface area (Å²) in [6.45, 7) is 0. The molecule has 0 saturated heterocycles. The Balaban J connectivity index is 1.67. The highest BCUT2D eigenvalue weighted by molar-refractivity contribution is 7.98. The first-order valence-corrected chi connectivity index (χ1v) is 9.98. The summed E-state index contributed by atoms with van der Waals surface area (Å²) in [6.07, 6.45) is 4.49. The molecule has 1 aliphatic heterocycles. The van der Waals surface area contributed by atoms with Crippen molar-refractivity contribution in [1.82, 2.24) is 0 Å². The summed E-state index contributed by atoms with van der Waals surface area (Å²) in [7, 11) is 0. The van der Waals surface area contributed by atoms with Gasteiger partial charge in [-0.15, -0.1) is 22.7 Å². The molecule has 104 valence electrons. The minimum absolute atomic E-state index is 0.123. The zero-order valence-corrected chi connectivity index (χ0v) is 13.6. The molecule has 0 spiro atoms. The van der Waals surface area contributed by atoms with Crippen LogP contribution in [0.25, 0.3) is 0 Å². The van der Waals surface area contributed by atoms with Gasteiger partial charge in [0.15, 0.2) is 5.78 Å². The first kappa shape index (κ1) is 13.1. The first-order chi connectivity index (χ1) is 9.83. The smallest absolute Gasteiger partial charge is 0.180 e. The van der Waals surface area contributed by atoms with Gasteiger partial charge in [0, 0.05) is 21.4 Å². The predicted molar refractivity (Wildman–Crippen MR) is 88.5 cm³/mol. The molecule has 0 aromatic carbocycles. The van der Waals surface area contributed by atoms with E-state index in [1.54, 1.807) is 11.3 Å². The lowest BCUT2D eigenvalue weighted by molar-refractivity contribution is 0.0955. The lowest BCUT2D eigenvalue weighted by Gasteiger charge is -2.20. The fourth-order valence-corrected chi connectivity index (χ4v) is 6.55. The van der Waals surface area contributed by atoms with E-state index in [9.17, 15) is 4.79 Å². The van der Waals surface area contributed by atoms with E-state index in [2.05, 4.69) is 17.5 Å². The molecule has 0 radical (unpaired) electrons. The highest BCUT2D eigenvalue weighted by Crippen LogP contribution is 2.39. The Bertz CT molecular complexity index is 629. The summed E-state index contributed by atoms with van der Waals surface area (Å²) < 4.78 is 0. The third kappa shape index (κ3) is 2.18. The van der Waals surface area contributed by atoms with Gasteiger partial charge in [0.1, 0.15) is 0 Å². The van der Waals surface area contributed by atoms with E-state index in [0.29, 0.717) is 5.78 Å². The fraction of sp³-hybridized carbons (Fsp3) is 0.438. The van der Waals surface area contributed by atoms with E-state index in [1.807, 2.05) is 23.1 Å². The van der Waals surface area contributed by atoms with E-state index < -0.39 is 0 Å². The zero-order chi connectivity index (χ0) is 13.5. The molecule has 2 aromatic rings. The van der Waals surface area contributed by atoms with E-state index >= 15 is 0 Å². The van der Waals surface area contributed by atoms with Crippen molar-refractivity contribution in [3.63, 3.8) is 0 Å². The van der Waals surface area contributed by atoms with Crippen LogP contribution in [0.5, 0.6) is 0 Å². The second kappa shape index (κ2) is 5.32. The number of rotatable bonds is 2. The Kier molecular flexibility index (Phi) is 3.49. The molecule has 1 unspecified atom stereocenters. The Hall–Kier alpha value is -0.580. The van der Waals surface area contributed by atoms with Crippen molar-refractivity contribution in [2.45, 2.75) is 37.4 Å². The van der Waals surface area contributed by atoms with E-state index in [1.165, 1.54) is 26.6 Å². The monoisotopic (exact) mass is 320 g/mol. The van der Waals surface area contributed by atoms with Crippen molar-refractivity contribution in [3.05, 3.63) is 43.3 Å². The molecule has 2 aromatic heterocycles. The summed E-state index contributed by atoms with van der Waals surface area (Å²) in [5.41, 5.74) is 2.72. The quantitative estimate of drug-likeness (QED) is 0.732. The second-order valence-electron chi connectivity index (χ2n) is 5.47. The molecule has 0 fully saturated rings. The summed E-state index contributed by atoms with van der Waals surface area (Å²) in [5.74, 6) is 2.79. The lowest BCUT2D eigenvalue weighted by Crippen LogP contribution is -2.16. The van der Waals surface area contributed by atoms with Gasteiger partial charge in [0.05, 0.1) is 4.88 Å². The van der Waals surface area contributed by atoms with Crippen LogP contribution in [0.1, 0.15) is 49.3 Å². The molecule has 1 nitrogen and oxygen atoms in total. The highest BCUT2D eigenvalue weighted by Gasteiger charge is 2.29. The van der Waals surface area contributed by atoms with Crippen molar-refractivity contribution in [2.24, 2.45) is 0 Å². The van der Waals surface area contributed by atoms with Crippen molar-refractivity contribution in [3.8, 4) is 0 Å². The van der Waals surface area contributed by atoms with Crippen molar-refractivity contribution in [2.75, 3.05) is 5.75 Å². The van der Waals surface area contributed by atoms with Gasteiger partial charge in [-0.3, -0.25) is 4.79 Å². The lowest BCUT2D eigenvalue weighted by atomic mass is 9.84. The van der Waals surface area contributed by atoms with Gasteiger partial charge in [0.25, 0.3) is 0 Å². The van der Waals surface area contributed by atoms with Gasteiger partial charge in [-0.25, -0.2) is 0 Å². The average molecular weight is 321 g/mol. The van der Waals surface area contributed by atoms with Crippen LogP contribution in [0.4, 0.5) is 0 Å². The van der Waals surface area contributed by atoms with Crippen LogP contribution in [0, 0.1) is 0 Å². The average Bonchev–Trinajstić information content (AvgIpc) is 3.12. The summed E-state index contributed by atoms with van der Waals surface area (Å²) >= 11 is 5.56. The first-order valence-electron chi connectivity index (χ1n) is 7.13. The third-order valence-electron chi connectivity index (χ3n) is 4.24. The van der Waals surface area contributed by atoms with Gasteiger partial charge in [-0.2, -0.15) is 11.8 Å². The topological polar surface area (TPSA) is 17.1 Å². The van der Waals surface area contributed by atoms with Crippen LogP contribution < -0.4 is 0 Å². The molecule has 2 aliphatic rings. The maximum atomic E-state index is 12.9. The van der Waals surface area contributed by atoms with Crippen molar-refractivity contribution in [1.29, 1.82) is 0 Å². The molecule has 0 bridgehead atoms. The molecular formula is C16H16OS3. The zero-order valence-electron chi connectivity index (χ0n) is 11.2. The van der Waals surface area contributed by atoms with E-state index in [0.717, 1.165) is 36.3 Å². The molecule has 1 atom stereocenters. The molecule has 0 N–H and O–H groups in total. The summed E-state index contributed by atoms with van der Waals surface area (Å²) in [4.78, 5) is 16.8. The fourth-order valence-electron chi connectivity index (χ4n) is 3.20. The molecule has 20 heavy (non-hydrogen) atoms. The van der Waals surface area contributed by atoms with Gasteiger partial charge < -0.3 is 0 Å².